The van der Waals surface area contributed by atoms with Crippen LogP contribution in [-0.4, -0.2) is 17.9 Å². The number of aromatic nitrogens is 1. The number of nitrogens with one attached hydrogen (secondary N) is 1. The Hall–Kier alpha value is -1.42. The molecule has 0 aromatic carbocycles. The van der Waals surface area contributed by atoms with Gasteiger partial charge in [0.1, 0.15) is 0 Å². The summed E-state index contributed by atoms with van der Waals surface area (Å²) in [5, 5.41) is 2.63. The van der Waals surface area contributed by atoms with E-state index in [9.17, 15) is 4.79 Å². The van der Waals surface area contributed by atoms with Gasteiger partial charge >= 0.3 is 0 Å². The first-order valence-corrected chi connectivity index (χ1v) is 3.96. The molecule has 0 aliphatic carbocycles. The molecule has 0 radical (unpaired) electrons. The Labute approximate surface area is 78.2 Å². The van der Waals surface area contributed by atoms with Crippen molar-refractivity contribution in [3.63, 3.8) is 0 Å². The summed E-state index contributed by atoms with van der Waals surface area (Å²) in [6, 6.07) is 3.68. The van der Waals surface area contributed by atoms with Crippen LogP contribution in [0.25, 0.3) is 0 Å². The lowest BCUT2D eigenvalue weighted by molar-refractivity contribution is -0.114. The van der Waals surface area contributed by atoms with E-state index in [1.54, 1.807) is 6.20 Å². The zero-order valence-electron chi connectivity index (χ0n) is 8.16. The molecule has 0 unspecified atom stereocenters. The van der Waals surface area contributed by atoms with E-state index < -0.39 is 0 Å². The Morgan fingerprint density at radius 1 is 1.46 bits per heavy atom. The Morgan fingerprint density at radius 3 is 2.46 bits per heavy atom. The summed E-state index contributed by atoms with van der Waals surface area (Å²) in [6.45, 7) is 3.37. The summed E-state index contributed by atoms with van der Waals surface area (Å²) in [5.41, 5.74) is 6.18. The predicted octanol–water partition coefficient (Wildman–Crippen LogP) is 0.923. The van der Waals surface area contributed by atoms with E-state index in [2.05, 4.69) is 16.0 Å². The maximum Gasteiger partial charge on any atom is 0.221 e. The molecule has 0 aliphatic rings. The van der Waals surface area contributed by atoms with Crippen molar-refractivity contribution in [2.45, 2.75) is 13.8 Å². The molecule has 0 saturated heterocycles. The number of rotatable bonds is 1. The summed E-state index contributed by atoms with van der Waals surface area (Å²) >= 11 is 0. The highest BCUT2D eigenvalue weighted by molar-refractivity contribution is 5.88. The van der Waals surface area contributed by atoms with Gasteiger partial charge in [-0.25, -0.2) is 0 Å². The molecular formula is C9H15N3O. The molecule has 72 valence electrons. The summed E-state index contributed by atoms with van der Waals surface area (Å²) < 4.78 is 0. The van der Waals surface area contributed by atoms with Gasteiger partial charge in [0.05, 0.1) is 11.9 Å². The minimum absolute atomic E-state index is 0.0735. The van der Waals surface area contributed by atoms with Crippen LogP contribution in [0.4, 0.5) is 5.69 Å². The molecule has 0 saturated carbocycles. The van der Waals surface area contributed by atoms with Crippen LogP contribution in [0.5, 0.6) is 0 Å². The van der Waals surface area contributed by atoms with Crippen molar-refractivity contribution < 1.29 is 4.79 Å². The molecule has 0 bridgehead atoms. The van der Waals surface area contributed by atoms with Gasteiger partial charge in [0.25, 0.3) is 0 Å². The molecule has 1 aromatic heterocycles. The summed E-state index contributed by atoms with van der Waals surface area (Å²) in [7, 11) is 1.50. The monoisotopic (exact) mass is 181 g/mol. The molecule has 0 atom stereocenters. The van der Waals surface area contributed by atoms with E-state index >= 15 is 0 Å². The molecule has 3 N–H and O–H groups in total. The highest BCUT2D eigenvalue weighted by Gasteiger charge is 1.93. The number of hydrogen-bond donors (Lipinski definition) is 2. The number of pyridine rings is 1. The summed E-state index contributed by atoms with van der Waals surface area (Å²) in [6.07, 6.45) is 1.64. The number of amides is 1. The van der Waals surface area contributed by atoms with Crippen molar-refractivity contribution in [3.05, 3.63) is 24.0 Å². The van der Waals surface area contributed by atoms with Gasteiger partial charge in [0, 0.05) is 12.6 Å². The van der Waals surface area contributed by atoms with Gasteiger partial charge in [-0.1, -0.05) is 0 Å². The van der Waals surface area contributed by atoms with Gasteiger partial charge in [-0.05, 0) is 26.1 Å². The molecule has 0 fully saturated rings. The number of nitrogens with zero attached hydrogens (tertiary/aromatic N) is 1. The number of anilines is 1. The third-order valence-electron chi connectivity index (χ3n) is 1.23. The number of hydrogen-bond acceptors (Lipinski definition) is 3. The van der Waals surface area contributed by atoms with Crippen LogP contribution < -0.4 is 11.1 Å². The molecule has 1 amide bonds. The van der Waals surface area contributed by atoms with E-state index in [-0.39, 0.29) is 5.91 Å². The second-order valence-electron chi connectivity index (χ2n) is 2.37. The Balaban J connectivity index is 0.000000671. The first kappa shape index (κ1) is 11.6. The normalized spacial score (nSPS) is 8.31. The highest BCUT2D eigenvalue weighted by Crippen LogP contribution is 2.04. The fourth-order valence-corrected chi connectivity index (χ4v) is 0.745. The number of carbonyl (C=O) groups excluding carboxylic acids is 1. The molecule has 1 rings (SSSR count). The number of carbonyl (C=O) groups is 1. The summed E-state index contributed by atoms with van der Waals surface area (Å²) in [5.74, 6) is -0.0735. The molecule has 1 heterocycles. The first-order valence-electron chi connectivity index (χ1n) is 3.96. The average Bonchev–Trinajstić information content (AvgIpc) is 2.12. The van der Waals surface area contributed by atoms with Gasteiger partial charge in [-0.3, -0.25) is 9.78 Å². The fourth-order valence-electron chi connectivity index (χ4n) is 0.745. The topological polar surface area (TPSA) is 68.0 Å². The van der Waals surface area contributed by atoms with Crippen LogP contribution in [0.3, 0.4) is 0 Å². The molecule has 0 spiro atoms. The van der Waals surface area contributed by atoms with Crippen LogP contribution in [0.2, 0.25) is 0 Å². The second-order valence-corrected chi connectivity index (χ2v) is 2.37. The molecule has 1 aromatic rings. The number of aryl methyl sites for hydroxylation is 1. The van der Waals surface area contributed by atoms with Crippen LogP contribution in [0.1, 0.15) is 12.6 Å². The second kappa shape index (κ2) is 6.14. The van der Waals surface area contributed by atoms with Gasteiger partial charge < -0.3 is 11.1 Å². The van der Waals surface area contributed by atoms with Crippen molar-refractivity contribution >= 4 is 11.6 Å². The Kier molecular flexibility index (Phi) is 5.47. The van der Waals surface area contributed by atoms with E-state index in [0.29, 0.717) is 0 Å². The highest BCUT2D eigenvalue weighted by atomic mass is 16.1. The SMILES string of the molecule is CC(=O)Nc1ccc(C)nc1.CN. The summed E-state index contributed by atoms with van der Waals surface area (Å²) in [4.78, 5) is 14.6. The Morgan fingerprint density at radius 2 is 2.08 bits per heavy atom. The van der Waals surface area contributed by atoms with E-state index in [4.69, 9.17) is 0 Å². The van der Waals surface area contributed by atoms with Crippen molar-refractivity contribution in [2.75, 3.05) is 12.4 Å². The van der Waals surface area contributed by atoms with E-state index in [1.165, 1.54) is 14.0 Å². The molecule has 4 nitrogen and oxygen atoms in total. The minimum atomic E-state index is -0.0735. The van der Waals surface area contributed by atoms with Crippen molar-refractivity contribution in [1.29, 1.82) is 0 Å². The van der Waals surface area contributed by atoms with Crippen LogP contribution in [0, 0.1) is 6.92 Å². The Bertz CT molecular complexity index is 256. The fraction of sp³-hybridized carbons (Fsp3) is 0.333. The van der Waals surface area contributed by atoms with Gasteiger partial charge in [-0.15, -0.1) is 0 Å². The molecule has 13 heavy (non-hydrogen) atoms. The van der Waals surface area contributed by atoms with E-state index in [1.807, 2.05) is 19.1 Å². The van der Waals surface area contributed by atoms with Crippen LogP contribution in [0.15, 0.2) is 18.3 Å². The standard InChI is InChI=1S/C8H10N2O.CH5N/c1-6-3-4-8(5-9-6)10-7(2)11;1-2/h3-5H,1-2H3,(H,10,11);2H2,1H3. The van der Waals surface area contributed by atoms with Crippen LogP contribution >= 0.6 is 0 Å². The quantitative estimate of drug-likeness (QED) is 0.677. The molecular weight excluding hydrogens is 166 g/mol. The number of nitrogens with two attached hydrogens (primary N) is 1. The maximum atomic E-state index is 10.6. The lowest BCUT2D eigenvalue weighted by Gasteiger charge is -1.99. The zero-order valence-corrected chi connectivity index (χ0v) is 8.16. The molecule has 0 aliphatic heterocycles. The minimum Gasteiger partial charge on any atom is -0.333 e. The third kappa shape index (κ3) is 4.92. The maximum absolute atomic E-state index is 10.6. The van der Waals surface area contributed by atoms with Crippen LogP contribution in [-0.2, 0) is 4.79 Å². The largest absolute Gasteiger partial charge is 0.333 e. The van der Waals surface area contributed by atoms with Crippen molar-refractivity contribution in [2.24, 2.45) is 5.73 Å². The van der Waals surface area contributed by atoms with Crippen molar-refractivity contribution in [1.82, 2.24) is 4.98 Å². The van der Waals surface area contributed by atoms with Gasteiger partial charge in [0.15, 0.2) is 0 Å². The first-order chi connectivity index (χ1) is 6.18. The average molecular weight is 181 g/mol. The lowest BCUT2D eigenvalue weighted by atomic mass is 10.3. The van der Waals surface area contributed by atoms with Gasteiger partial charge in [0.2, 0.25) is 5.91 Å². The van der Waals surface area contributed by atoms with E-state index in [0.717, 1.165) is 11.4 Å². The predicted molar refractivity (Wildman–Crippen MR) is 53.4 cm³/mol. The third-order valence-corrected chi connectivity index (χ3v) is 1.23. The smallest absolute Gasteiger partial charge is 0.221 e. The zero-order chi connectivity index (χ0) is 10.3. The van der Waals surface area contributed by atoms with Gasteiger partial charge in [-0.2, -0.15) is 0 Å². The van der Waals surface area contributed by atoms with Crippen molar-refractivity contribution in [3.8, 4) is 0 Å². The lowest BCUT2D eigenvalue weighted by Crippen LogP contribution is -2.05. The molecule has 4 heteroatoms.